The summed E-state index contributed by atoms with van der Waals surface area (Å²) >= 11 is 3.43. The molecule has 3 N–H and O–H groups in total. The van der Waals surface area contributed by atoms with Crippen molar-refractivity contribution in [2.45, 2.75) is 19.5 Å². The van der Waals surface area contributed by atoms with Crippen molar-refractivity contribution < 1.29 is 18.7 Å². The molecule has 2 aromatic rings. The van der Waals surface area contributed by atoms with Crippen LogP contribution in [0.1, 0.15) is 24.3 Å². The van der Waals surface area contributed by atoms with Gasteiger partial charge in [-0.3, -0.25) is 10.1 Å². The van der Waals surface area contributed by atoms with Crippen LogP contribution in [0.15, 0.2) is 45.5 Å². The summed E-state index contributed by atoms with van der Waals surface area (Å²) in [5.74, 6) is 0.928. The lowest BCUT2D eigenvalue weighted by molar-refractivity contribution is -0.119. The highest BCUT2D eigenvalue weighted by Gasteiger charge is 2.12. The molecule has 0 aliphatic rings. The van der Waals surface area contributed by atoms with E-state index < -0.39 is 11.9 Å². The van der Waals surface area contributed by atoms with Crippen molar-refractivity contribution in [3.8, 4) is 5.75 Å². The van der Waals surface area contributed by atoms with E-state index in [1.807, 2.05) is 25.1 Å². The van der Waals surface area contributed by atoms with Gasteiger partial charge in [0, 0.05) is 6.04 Å². The molecule has 0 fully saturated rings. The Morgan fingerprint density at radius 2 is 2.12 bits per heavy atom. The number of halogens is 1. The van der Waals surface area contributed by atoms with Crippen LogP contribution < -0.4 is 20.7 Å². The first kappa shape index (κ1) is 19.0. The summed E-state index contributed by atoms with van der Waals surface area (Å²) in [5, 5.41) is 7.87. The van der Waals surface area contributed by atoms with Gasteiger partial charge in [-0.1, -0.05) is 6.07 Å². The number of benzene rings is 1. The Bertz CT molecular complexity index is 719. The third-order valence-corrected chi connectivity index (χ3v) is 4.12. The van der Waals surface area contributed by atoms with Crippen molar-refractivity contribution in [2.75, 3.05) is 13.7 Å². The van der Waals surface area contributed by atoms with Crippen LogP contribution in [0.3, 0.4) is 0 Å². The summed E-state index contributed by atoms with van der Waals surface area (Å²) in [6.45, 7) is 2.16. The fourth-order valence-electron chi connectivity index (χ4n) is 2.11. The predicted molar refractivity (Wildman–Crippen MR) is 96.2 cm³/mol. The maximum absolute atomic E-state index is 11.8. The van der Waals surface area contributed by atoms with E-state index in [1.165, 1.54) is 6.26 Å². The number of hydrogen-bond acceptors (Lipinski definition) is 5. The summed E-state index contributed by atoms with van der Waals surface area (Å²) in [4.78, 5) is 23.5. The fraction of sp³-hybridized carbons (Fsp3) is 0.294. The van der Waals surface area contributed by atoms with Gasteiger partial charge >= 0.3 is 6.03 Å². The number of urea groups is 1. The first-order valence-corrected chi connectivity index (χ1v) is 8.45. The summed E-state index contributed by atoms with van der Waals surface area (Å²) < 4.78 is 11.1. The van der Waals surface area contributed by atoms with E-state index in [9.17, 15) is 9.59 Å². The van der Waals surface area contributed by atoms with Crippen LogP contribution in [0.2, 0.25) is 0 Å². The molecule has 1 atom stereocenters. The lowest BCUT2D eigenvalue weighted by Gasteiger charge is -2.15. The lowest BCUT2D eigenvalue weighted by atomic mass is 10.1. The van der Waals surface area contributed by atoms with Crippen molar-refractivity contribution in [1.29, 1.82) is 0 Å². The van der Waals surface area contributed by atoms with Gasteiger partial charge in [-0.15, -0.1) is 0 Å². The molecular formula is C17H20BrN3O4. The SMILES string of the molecule is COc1ccc([C@@H](C)NCC(=O)NC(=O)NCc2ccco2)cc1Br. The Morgan fingerprint density at radius 3 is 2.76 bits per heavy atom. The quantitative estimate of drug-likeness (QED) is 0.653. The zero-order valence-corrected chi connectivity index (χ0v) is 15.6. The second kappa shape index (κ2) is 9.24. The minimum absolute atomic E-state index is 0.0129. The molecule has 1 heterocycles. The molecule has 0 aliphatic heterocycles. The monoisotopic (exact) mass is 409 g/mol. The maximum Gasteiger partial charge on any atom is 0.321 e. The number of rotatable bonds is 7. The van der Waals surface area contributed by atoms with Crippen LogP contribution in [0, 0.1) is 0 Å². The number of methoxy groups -OCH3 is 1. The van der Waals surface area contributed by atoms with Crippen molar-refractivity contribution in [2.24, 2.45) is 0 Å². The minimum atomic E-state index is -0.567. The molecule has 0 radical (unpaired) electrons. The summed E-state index contributed by atoms with van der Waals surface area (Å²) in [7, 11) is 1.60. The van der Waals surface area contributed by atoms with Crippen LogP contribution in [0.25, 0.3) is 0 Å². The zero-order chi connectivity index (χ0) is 18.2. The van der Waals surface area contributed by atoms with Gasteiger partial charge in [0.2, 0.25) is 5.91 Å². The molecule has 1 aromatic heterocycles. The number of ether oxygens (including phenoxy) is 1. The predicted octanol–water partition coefficient (Wildman–Crippen LogP) is 2.73. The van der Waals surface area contributed by atoms with Gasteiger partial charge in [0.25, 0.3) is 0 Å². The van der Waals surface area contributed by atoms with Crippen LogP contribution in [-0.4, -0.2) is 25.6 Å². The van der Waals surface area contributed by atoms with Gasteiger partial charge in [0.1, 0.15) is 11.5 Å². The third kappa shape index (κ3) is 5.91. The van der Waals surface area contributed by atoms with Crippen molar-refractivity contribution in [3.63, 3.8) is 0 Å². The Hall–Kier alpha value is -2.32. The molecule has 0 saturated heterocycles. The van der Waals surface area contributed by atoms with E-state index >= 15 is 0 Å². The number of carbonyl (C=O) groups excluding carboxylic acids is 2. The van der Waals surface area contributed by atoms with E-state index in [0.29, 0.717) is 5.76 Å². The zero-order valence-electron chi connectivity index (χ0n) is 14.0. The number of amides is 3. The topological polar surface area (TPSA) is 92.6 Å². The largest absolute Gasteiger partial charge is 0.496 e. The number of imide groups is 1. The van der Waals surface area contributed by atoms with E-state index in [1.54, 1.807) is 19.2 Å². The summed E-state index contributed by atoms with van der Waals surface area (Å²) in [5.41, 5.74) is 0.989. The molecule has 8 heteroatoms. The highest BCUT2D eigenvalue weighted by molar-refractivity contribution is 9.10. The van der Waals surface area contributed by atoms with E-state index in [-0.39, 0.29) is 19.1 Å². The smallest absolute Gasteiger partial charge is 0.321 e. The standard InChI is InChI=1S/C17H20BrN3O4/c1-11(12-5-6-15(24-2)14(18)8-12)19-10-16(22)21-17(23)20-9-13-4-3-7-25-13/h3-8,11,19H,9-10H2,1-2H3,(H2,20,21,22,23)/t11-/m1/s1. The normalized spacial score (nSPS) is 11.6. The molecule has 0 saturated carbocycles. The number of hydrogen-bond donors (Lipinski definition) is 3. The minimum Gasteiger partial charge on any atom is -0.496 e. The Balaban J connectivity index is 1.75. The lowest BCUT2D eigenvalue weighted by Crippen LogP contribution is -2.43. The average Bonchev–Trinajstić information content (AvgIpc) is 3.11. The van der Waals surface area contributed by atoms with Gasteiger partial charge in [-0.05, 0) is 52.7 Å². The number of nitrogens with one attached hydrogen (secondary N) is 3. The summed E-state index contributed by atoms with van der Waals surface area (Å²) in [6, 6.07) is 8.50. The highest BCUT2D eigenvalue weighted by atomic mass is 79.9. The molecule has 0 bridgehead atoms. The molecule has 0 aliphatic carbocycles. The van der Waals surface area contributed by atoms with Gasteiger partial charge in [-0.2, -0.15) is 0 Å². The molecule has 3 amide bonds. The molecule has 25 heavy (non-hydrogen) atoms. The van der Waals surface area contributed by atoms with E-state index in [0.717, 1.165) is 15.8 Å². The molecule has 0 spiro atoms. The highest BCUT2D eigenvalue weighted by Crippen LogP contribution is 2.27. The average molecular weight is 410 g/mol. The first-order chi connectivity index (χ1) is 12.0. The molecule has 134 valence electrons. The third-order valence-electron chi connectivity index (χ3n) is 3.50. The van der Waals surface area contributed by atoms with Crippen LogP contribution in [-0.2, 0) is 11.3 Å². The second-order valence-corrected chi connectivity index (χ2v) is 6.16. The first-order valence-electron chi connectivity index (χ1n) is 7.66. The molecule has 1 aromatic carbocycles. The van der Waals surface area contributed by atoms with Crippen LogP contribution >= 0.6 is 15.9 Å². The van der Waals surface area contributed by atoms with E-state index in [2.05, 4.69) is 31.9 Å². The Morgan fingerprint density at radius 1 is 1.32 bits per heavy atom. The van der Waals surface area contributed by atoms with Crippen LogP contribution in [0.5, 0.6) is 5.75 Å². The van der Waals surface area contributed by atoms with Crippen LogP contribution in [0.4, 0.5) is 4.79 Å². The summed E-state index contributed by atoms with van der Waals surface area (Å²) in [6.07, 6.45) is 1.52. The van der Waals surface area contributed by atoms with Gasteiger partial charge in [0.05, 0.1) is 30.9 Å². The fourth-order valence-corrected chi connectivity index (χ4v) is 2.67. The maximum atomic E-state index is 11.8. The van der Waals surface area contributed by atoms with Gasteiger partial charge in [0.15, 0.2) is 0 Å². The Kier molecular flexibility index (Phi) is 7.03. The number of carbonyl (C=O) groups is 2. The Labute approximate surface area is 154 Å². The van der Waals surface area contributed by atoms with Crippen molar-refractivity contribution >= 4 is 27.9 Å². The van der Waals surface area contributed by atoms with E-state index in [4.69, 9.17) is 9.15 Å². The van der Waals surface area contributed by atoms with Crippen molar-refractivity contribution in [1.82, 2.24) is 16.0 Å². The van der Waals surface area contributed by atoms with Crippen molar-refractivity contribution in [3.05, 3.63) is 52.4 Å². The second-order valence-electron chi connectivity index (χ2n) is 5.31. The molecule has 0 unspecified atom stereocenters. The van der Waals surface area contributed by atoms with Gasteiger partial charge in [-0.25, -0.2) is 4.79 Å². The molecule has 7 nitrogen and oxygen atoms in total. The van der Waals surface area contributed by atoms with Gasteiger partial charge < -0.3 is 19.8 Å². The number of furan rings is 1. The molecule has 2 rings (SSSR count). The molecular weight excluding hydrogens is 390 g/mol.